The van der Waals surface area contributed by atoms with Crippen molar-refractivity contribution in [2.45, 2.75) is 39.3 Å². The lowest BCUT2D eigenvalue weighted by Crippen LogP contribution is -2.42. The highest BCUT2D eigenvalue weighted by atomic mass is 16.2. The van der Waals surface area contributed by atoms with Crippen LogP contribution in [0.4, 0.5) is 0 Å². The molecule has 0 spiro atoms. The van der Waals surface area contributed by atoms with Gasteiger partial charge in [-0.25, -0.2) is 0 Å². The zero-order valence-corrected chi connectivity index (χ0v) is 15.6. The lowest BCUT2D eigenvalue weighted by atomic mass is 10.1. The van der Waals surface area contributed by atoms with Gasteiger partial charge in [-0.3, -0.25) is 14.4 Å². The van der Waals surface area contributed by atoms with E-state index in [4.69, 9.17) is 0 Å². The molecule has 0 aliphatic carbocycles. The number of aromatic nitrogens is 2. The lowest BCUT2D eigenvalue weighted by molar-refractivity contribution is 0.0678. The first-order valence-electron chi connectivity index (χ1n) is 9.11. The molecule has 134 valence electrons. The van der Waals surface area contributed by atoms with Crippen LogP contribution >= 0.6 is 0 Å². The lowest BCUT2D eigenvalue weighted by Gasteiger charge is -2.29. The van der Waals surface area contributed by atoms with Crippen molar-refractivity contribution < 1.29 is 4.79 Å². The van der Waals surface area contributed by atoms with E-state index in [1.54, 1.807) is 4.68 Å². The Morgan fingerprint density at radius 1 is 1.36 bits per heavy atom. The van der Waals surface area contributed by atoms with E-state index in [-0.39, 0.29) is 11.9 Å². The Bertz CT molecular complexity index is 725. The summed E-state index contributed by atoms with van der Waals surface area (Å²) in [5, 5.41) is 4.32. The number of aryl methyl sites for hydroxylation is 2. The molecule has 0 N–H and O–H groups in total. The van der Waals surface area contributed by atoms with Gasteiger partial charge in [0.1, 0.15) is 5.69 Å². The van der Waals surface area contributed by atoms with Gasteiger partial charge in [0.05, 0.1) is 5.69 Å². The third-order valence-electron chi connectivity index (χ3n) is 5.29. The summed E-state index contributed by atoms with van der Waals surface area (Å²) in [6.07, 6.45) is 1.02. The zero-order valence-electron chi connectivity index (χ0n) is 15.6. The summed E-state index contributed by atoms with van der Waals surface area (Å²) < 4.78 is 1.69. The Kier molecular flexibility index (Phi) is 5.23. The molecule has 5 nitrogen and oxygen atoms in total. The summed E-state index contributed by atoms with van der Waals surface area (Å²) in [4.78, 5) is 17.5. The van der Waals surface area contributed by atoms with Gasteiger partial charge in [-0.05, 0) is 38.8 Å². The summed E-state index contributed by atoms with van der Waals surface area (Å²) in [5.74, 6) is 0.0878. The summed E-state index contributed by atoms with van der Waals surface area (Å²) in [6.45, 7) is 8.90. The molecule has 2 heterocycles. The number of hydrogen-bond acceptors (Lipinski definition) is 3. The molecule has 1 amide bonds. The smallest absolute Gasteiger partial charge is 0.272 e. The number of amides is 1. The predicted octanol–water partition coefficient (Wildman–Crippen LogP) is 3.03. The van der Waals surface area contributed by atoms with E-state index < -0.39 is 0 Å². The minimum Gasteiger partial charge on any atom is -0.333 e. The largest absolute Gasteiger partial charge is 0.333 e. The standard InChI is InChI=1S/C20H28N4O/c1-5-24(20(25)19-13-15(2)21-22(19)4)18-11-12-23(14-18)16(3)17-9-7-6-8-10-17/h6-10,13,16,18H,5,11-12,14H2,1-4H3/t16-,18+/m0/s1. The Labute approximate surface area is 150 Å². The van der Waals surface area contributed by atoms with Crippen molar-refractivity contribution in [2.24, 2.45) is 7.05 Å². The van der Waals surface area contributed by atoms with Crippen LogP contribution in [0.3, 0.4) is 0 Å². The summed E-state index contributed by atoms with van der Waals surface area (Å²) in [7, 11) is 1.84. The van der Waals surface area contributed by atoms with Gasteiger partial charge in [-0.1, -0.05) is 30.3 Å². The zero-order chi connectivity index (χ0) is 18.0. The molecule has 3 rings (SSSR count). The van der Waals surface area contributed by atoms with Crippen molar-refractivity contribution in [3.05, 3.63) is 53.3 Å². The highest BCUT2D eigenvalue weighted by molar-refractivity contribution is 5.93. The molecule has 1 saturated heterocycles. The average molecular weight is 340 g/mol. The van der Waals surface area contributed by atoms with Crippen LogP contribution in [0.1, 0.15) is 48.1 Å². The van der Waals surface area contributed by atoms with Gasteiger partial charge in [-0.15, -0.1) is 0 Å². The van der Waals surface area contributed by atoms with Crippen LogP contribution in [0.15, 0.2) is 36.4 Å². The first kappa shape index (κ1) is 17.7. The number of carbonyl (C=O) groups excluding carboxylic acids is 1. The number of likely N-dealkylation sites (tertiary alicyclic amines) is 1. The maximum absolute atomic E-state index is 13.0. The molecular formula is C20H28N4O. The molecule has 0 saturated carbocycles. The van der Waals surface area contributed by atoms with Crippen LogP contribution in [-0.2, 0) is 7.05 Å². The predicted molar refractivity (Wildman–Crippen MR) is 99.5 cm³/mol. The van der Waals surface area contributed by atoms with Gasteiger partial charge in [0.25, 0.3) is 5.91 Å². The minimum atomic E-state index is 0.0878. The van der Waals surface area contributed by atoms with Crippen LogP contribution in [0, 0.1) is 6.92 Å². The third-order valence-corrected chi connectivity index (χ3v) is 5.29. The Balaban J connectivity index is 1.71. The van der Waals surface area contributed by atoms with E-state index in [2.05, 4.69) is 54.2 Å². The van der Waals surface area contributed by atoms with Crippen LogP contribution in [0.2, 0.25) is 0 Å². The van der Waals surface area contributed by atoms with Crippen LogP contribution in [-0.4, -0.2) is 51.2 Å². The SMILES string of the molecule is CCN(C(=O)c1cc(C)nn1C)[C@@H]1CCN([C@@H](C)c2ccccc2)C1. The second kappa shape index (κ2) is 7.40. The fraction of sp³-hybridized carbons (Fsp3) is 0.500. The van der Waals surface area contributed by atoms with E-state index in [1.807, 2.05) is 24.9 Å². The second-order valence-electron chi connectivity index (χ2n) is 6.91. The molecule has 1 aliphatic heterocycles. The van der Waals surface area contributed by atoms with Gasteiger partial charge in [0.15, 0.2) is 0 Å². The molecule has 0 radical (unpaired) electrons. The fourth-order valence-electron chi connectivity index (χ4n) is 3.84. The molecule has 5 heteroatoms. The fourth-order valence-corrected chi connectivity index (χ4v) is 3.84. The maximum Gasteiger partial charge on any atom is 0.272 e. The Morgan fingerprint density at radius 2 is 2.08 bits per heavy atom. The van der Waals surface area contributed by atoms with E-state index in [9.17, 15) is 4.79 Å². The molecule has 25 heavy (non-hydrogen) atoms. The molecule has 0 unspecified atom stereocenters. The van der Waals surface area contributed by atoms with Crippen LogP contribution in [0.5, 0.6) is 0 Å². The van der Waals surface area contributed by atoms with E-state index in [0.717, 1.165) is 31.7 Å². The second-order valence-corrected chi connectivity index (χ2v) is 6.91. The molecule has 1 aliphatic rings. The number of nitrogens with zero attached hydrogens (tertiary/aromatic N) is 4. The van der Waals surface area contributed by atoms with E-state index in [0.29, 0.717) is 11.7 Å². The molecule has 1 fully saturated rings. The van der Waals surface area contributed by atoms with Crippen molar-refractivity contribution in [3.63, 3.8) is 0 Å². The van der Waals surface area contributed by atoms with Gasteiger partial charge < -0.3 is 4.90 Å². The number of hydrogen-bond donors (Lipinski definition) is 0. The summed E-state index contributed by atoms with van der Waals surface area (Å²) >= 11 is 0. The Hall–Kier alpha value is -2.14. The van der Waals surface area contributed by atoms with Gasteiger partial charge in [-0.2, -0.15) is 5.10 Å². The van der Waals surface area contributed by atoms with Crippen molar-refractivity contribution in [3.8, 4) is 0 Å². The normalized spacial score (nSPS) is 19.1. The van der Waals surface area contributed by atoms with Gasteiger partial charge in [0, 0.05) is 38.8 Å². The first-order chi connectivity index (χ1) is 12.0. The van der Waals surface area contributed by atoms with Gasteiger partial charge >= 0.3 is 0 Å². The Morgan fingerprint density at radius 3 is 2.68 bits per heavy atom. The summed E-state index contributed by atoms with van der Waals surface area (Å²) in [6, 6.07) is 13.1. The molecule has 2 atom stereocenters. The topological polar surface area (TPSA) is 41.4 Å². The maximum atomic E-state index is 13.0. The monoisotopic (exact) mass is 340 g/mol. The van der Waals surface area contributed by atoms with Crippen molar-refractivity contribution in [1.82, 2.24) is 19.6 Å². The quantitative estimate of drug-likeness (QED) is 0.840. The average Bonchev–Trinajstić information content (AvgIpc) is 3.22. The van der Waals surface area contributed by atoms with Crippen molar-refractivity contribution in [1.29, 1.82) is 0 Å². The number of benzene rings is 1. The number of carbonyl (C=O) groups is 1. The molecular weight excluding hydrogens is 312 g/mol. The molecule has 0 bridgehead atoms. The molecule has 2 aromatic rings. The molecule has 1 aromatic carbocycles. The highest BCUT2D eigenvalue weighted by Crippen LogP contribution is 2.27. The molecule has 1 aromatic heterocycles. The first-order valence-corrected chi connectivity index (χ1v) is 9.11. The summed E-state index contributed by atoms with van der Waals surface area (Å²) in [5.41, 5.74) is 2.89. The highest BCUT2D eigenvalue weighted by Gasteiger charge is 2.33. The van der Waals surface area contributed by atoms with E-state index >= 15 is 0 Å². The third kappa shape index (κ3) is 3.61. The van der Waals surface area contributed by atoms with Crippen molar-refractivity contribution in [2.75, 3.05) is 19.6 Å². The minimum absolute atomic E-state index is 0.0878. The number of likely N-dealkylation sites (N-methyl/N-ethyl adjacent to an activating group) is 1. The van der Waals surface area contributed by atoms with Crippen molar-refractivity contribution >= 4 is 5.91 Å². The van der Waals surface area contributed by atoms with Crippen LogP contribution < -0.4 is 0 Å². The van der Waals surface area contributed by atoms with E-state index in [1.165, 1.54) is 5.56 Å². The van der Waals surface area contributed by atoms with Crippen LogP contribution in [0.25, 0.3) is 0 Å². The van der Waals surface area contributed by atoms with Gasteiger partial charge in [0.2, 0.25) is 0 Å². The number of rotatable bonds is 5.